The minimum atomic E-state index is -0.401. The van der Waals surface area contributed by atoms with Crippen molar-refractivity contribution in [2.45, 2.75) is 33.2 Å². The minimum absolute atomic E-state index is 0.354. The van der Waals surface area contributed by atoms with E-state index in [9.17, 15) is 9.59 Å². The number of aromatic nitrogens is 4. The van der Waals surface area contributed by atoms with Crippen molar-refractivity contribution in [1.82, 2.24) is 18.7 Å². The van der Waals surface area contributed by atoms with Gasteiger partial charge in [-0.15, -0.1) is 0 Å². The highest BCUT2D eigenvalue weighted by atomic mass is 16.2. The molecule has 0 aliphatic carbocycles. The summed E-state index contributed by atoms with van der Waals surface area (Å²) in [5.41, 5.74) is 5.06. The molecule has 0 saturated heterocycles. The highest BCUT2D eigenvalue weighted by Gasteiger charge is 2.18. The topological polar surface area (TPSA) is 86.2 Å². The van der Waals surface area contributed by atoms with Gasteiger partial charge in [0, 0.05) is 20.6 Å². The van der Waals surface area contributed by atoms with Gasteiger partial charge in [-0.2, -0.15) is 10.1 Å². The maximum atomic E-state index is 12.6. The van der Waals surface area contributed by atoms with E-state index in [2.05, 4.69) is 22.4 Å². The van der Waals surface area contributed by atoms with Crippen molar-refractivity contribution in [1.29, 1.82) is 0 Å². The lowest BCUT2D eigenvalue weighted by molar-refractivity contribution is 0.641. The Balaban J connectivity index is 2.04. The van der Waals surface area contributed by atoms with E-state index in [4.69, 9.17) is 0 Å². The highest BCUT2D eigenvalue weighted by Crippen LogP contribution is 2.16. The molecule has 8 nitrogen and oxygen atoms in total. The number of nitrogens with zero attached hydrogens (tertiary/aromatic N) is 5. The summed E-state index contributed by atoms with van der Waals surface area (Å²) in [6.45, 7) is 4.72. The van der Waals surface area contributed by atoms with Gasteiger partial charge in [0.2, 0.25) is 5.95 Å². The molecule has 142 valence electrons. The fourth-order valence-electron chi connectivity index (χ4n) is 2.88. The molecule has 1 aromatic carbocycles. The Bertz CT molecular complexity index is 1100. The molecule has 0 saturated carbocycles. The molecule has 0 aliphatic heterocycles. The fraction of sp³-hybridized carbons (Fsp3) is 0.368. The Hall–Kier alpha value is -3.16. The van der Waals surface area contributed by atoms with Crippen LogP contribution >= 0.6 is 0 Å². The van der Waals surface area contributed by atoms with Crippen molar-refractivity contribution >= 4 is 23.3 Å². The Morgan fingerprint density at radius 3 is 2.52 bits per heavy atom. The molecule has 0 unspecified atom stereocenters. The molecule has 0 spiro atoms. The van der Waals surface area contributed by atoms with Crippen LogP contribution < -0.4 is 16.7 Å². The van der Waals surface area contributed by atoms with Crippen LogP contribution in [0.2, 0.25) is 0 Å². The summed E-state index contributed by atoms with van der Waals surface area (Å²) in [4.78, 5) is 29.3. The lowest BCUT2D eigenvalue weighted by Gasteiger charge is -2.08. The number of hydrazone groups is 1. The van der Waals surface area contributed by atoms with Crippen LogP contribution in [0.25, 0.3) is 11.2 Å². The highest BCUT2D eigenvalue weighted by molar-refractivity contribution is 5.80. The summed E-state index contributed by atoms with van der Waals surface area (Å²) in [5.74, 6) is 0.445. The molecule has 0 aliphatic rings. The van der Waals surface area contributed by atoms with Crippen molar-refractivity contribution < 1.29 is 0 Å². The number of fused-ring (bicyclic) bond motifs is 1. The van der Waals surface area contributed by atoms with Crippen LogP contribution in [-0.2, 0) is 20.6 Å². The van der Waals surface area contributed by atoms with Crippen LogP contribution in [0.1, 0.15) is 30.9 Å². The van der Waals surface area contributed by atoms with Crippen LogP contribution in [0.3, 0.4) is 0 Å². The average molecular weight is 368 g/mol. The van der Waals surface area contributed by atoms with Crippen molar-refractivity contribution in [3.63, 3.8) is 0 Å². The summed E-state index contributed by atoms with van der Waals surface area (Å²) in [7, 11) is 3.09. The molecule has 3 aromatic rings. The zero-order chi connectivity index (χ0) is 19.6. The zero-order valence-corrected chi connectivity index (χ0v) is 16.1. The number of benzene rings is 1. The lowest BCUT2D eigenvalue weighted by Crippen LogP contribution is -2.37. The van der Waals surface area contributed by atoms with Gasteiger partial charge in [-0.3, -0.25) is 13.9 Å². The molecule has 0 amide bonds. The molecular weight excluding hydrogens is 344 g/mol. The molecule has 27 heavy (non-hydrogen) atoms. The Morgan fingerprint density at radius 2 is 1.85 bits per heavy atom. The standard InChI is InChI=1S/C19H24N6O2/c1-5-6-11-25-15-16(23(3)19(27)24(4)17(15)26)21-18(25)22-20-12-14-9-7-13(2)8-10-14/h7-10,12H,5-6,11H2,1-4H3,(H,21,22)/b20-12-. The van der Waals surface area contributed by atoms with E-state index in [1.54, 1.807) is 17.8 Å². The number of aryl methyl sites for hydroxylation is 3. The molecule has 0 radical (unpaired) electrons. The molecular formula is C19H24N6O2. The predicted octanol–water partition coefficient (Wildman–Crippen LogP) is 1.99. The molecule has 1 N–H and O–H groups in total. The first-order valence-electron chi connectivity index (χ1n) is 8.96. The second-order valence-corrected chi connectivity index (χ2v) is 6.60. The molecule has 2 aromatic heterocycles. The quantitative estimate of drug-likeness (QED) is 0.532. The first kappa shape index (κ1) is 18.6. The summed E-state index contributed by atoms with van der Waals surface area (Å²) < 4.78 is 4.28. The number of hydrogen-bond acceptors (Lipinski definition) is 5. The Labute approximate surface area is 156 Å². The van der Waals surface area contributed by atoms with Gasteiger partial charge >= 0.3 is 5.69 Å². The van der Waals surface area contributed by atoms with Crippen LogP contribution in [-0.4, -0.2) is 24.9 Å². The fourth-order valence-corrected chi connectivity index (χ4v) is 2.88. The van der Waals surface area contributed by atoms with E-state index >= 15 is 0 Å². The van der Waals surface area contributed by atoms with Crippen LogP contribution in [0.5, 0.6) is 0 Å². The zero-order valence-electron chi connectivity index (χ0n) is 16.1. The Kier molecular flexibility index (Phi) is 5.25. The number of nitrogens with one attached hydrogen (secondary N) is 1. The monoisotopic (exact) mass is 368 g/mol. The van der Waals surface area contributed by atoms with Crippen molar-refractivity contribution in [3.8, 4) is 0 Å². The number of imidazole rings is 1. The molecule has 2 heterocycles. The lowest BCUT2D eigenvalue weighted by atomic mass is 10.2. The number of anilines is 1. The van der Waals surface area contributed by atoms with E-state index < -0.39 is 5.69 Å². The number of rotatable bonds is 6. The third-order valence-electron chi connectivity index (χ3n) is 4.54. The summed E-state index contributed by atoms with van der Waals surface area (Å²) in [5, 5.41) is 4.26. The second kappa shape index (κ2) is 7.61. The minimum Gasteiger partial charge on any atom is -0.303 e. The van der Waals surface area contributed by atoms with Crippen molar-refractivity contribution in [2.24, 2.45) is 19.2 Å². The molecule has 8 heteroatoms. The van der Waals surface area contributed by atoms with E-state index in [1.807, 2.05) is 31.2 Å². The smallest absolute Gasteiger partial charge is 0.303 e. The second-order valence-electron chi connectivity index (χ2n) is 6.60. The first-order chi connectivity index (χ1) is 12.9. The molecule has 0 bridgehead atoms. The normalized spacial score (nSPS) is 11.6. The van der Waals surface area contributed by atoms with E-state index in [0.29, 0.717) is 23.7 Å². The molecule has 3 rings (SSSR count). The van der Waals surface area contributed by atoms with Crippen LogP contribution in [0.4, 0.5) is 5.95 Å². The van der Waals surface area contributed by atoms with Gasteiger partial charge in [0.25, 0.3) is 5.56 Å². The summed E-state index contributed by atoms with van der Waals surface area (Å²) >= 11 is 0. The van der Waals surface area contributed by atoms with Gasteiger partial charge in [0.15, 0.2) is 11.2 Å². The van der Waals surface area contributed by atoms with Gasteiger partial charge < -0.3 is 4.57 Å². The van der Waals surface area contributed by atoms with Gasteiger partial charge in [-0.25, -0.2) is 10.2 Å². The maximum Gasteiger partial charge on any atom is 0.332 e. The Morgan fingerprint density at radius 1 is 1.15 bits per heavy atom. The van der Waals surface area contributed by atoms with Gasteiger partial charge in [-0.1, -0.05) is 43.2 Å². The van der Waals surface area contributed by atoms with E-state index in [-0.39, 0.29) is 5.56 Å². The first-order valence-corrected chi connectivity index (χ1v) is 8.96. The number of hydrogen-bond donors (Lipinski definition) is 1. The van der Waals surface area contributed by atoms with Gasteiger partial charge in [0.1, 0.15) is 0 Å². The van der Waals surface area contributed by atoms with Gasteiger partial charge in [0.05, 0.1) is 6.21 Å². The van der Waals surface area contributed by atoms with Gasteiger partial charge in [-0.05, 0) is 18.9 Å². The summed E-state index contributed by atoms with van der Waals surface area (Å²) in [6, 6.07) is 7.97. The largest absolute Gasteiger partial charge is 0.332 e. The van der Waals surface area contributed by atoms with Crippen LogP contribution in [0.15, 0.2) is 39.0 Å². The molecule has 0 atom stereocenters. The predicted molar refractivity (Wildman–Crippen MR) is 108 cm³/mol. The van der Waals surface area contributed by atoms with Crippen molar-refractivity contribution in [2.75, 3.05) is 5.43 Å². The SMILES string of the molecule is CCCCn1c(N/N=C\c2ccc(C)cc2)nc2c1c(=O)n(C)c(=O)n2C. The number of unbranched alkanes of at least 4 members (excludes halogenated alkanes) is 1. The van der Waals surface area contributed by atoms with Crippen LogP contribution in [0, 0.1) is 6.92 Å². The van der Waals surface area contributed by atoms with E-state index in [0.717, 1.165) is 23.0 Å². The average Bonchev–Trinajstić information content (AvgIpc) is 3.03. The summed E-state index contributed by atoms with van der Waals surface area (Å²) in [6.07, 6.45) is 3.55. The maximum absolute atomic E-state index is 12.6. The third kappa shape index (κ3) is 3.55. The van der Waals surface area contributed by atoms with Crippen molar-refractivity contribution in [3.05, 3.63) is 56.2 Å². The van der Waals surface area contributed by atoms with E-state index in [1.165, 1.54) is 17.2 Å². The third-order valence-corrected chi connectivity index (χ3v) is 4.54. The molecule has 0 fully saturated rings.